The van der Waals surface area contributed by atoms with Crippen molar-refractivity contribution in [2.45, 2.75) is 34.2 Å². The van der Waals surface area contributed by atoms with Gasteiger partial charge in [0.25, 0.3) is 11.8 Å². The second-order valence-corrected chi connectivity index (χ2v) is 13.9. The average molecular weight is 803 g/mol. The summed E-state index contributed by atoms with van der Waals surface area (Å²) in [6, 6.07) is 14.4. The normalized spacial score (nSPS) is 12.7. The lowest BCUT2D eigenvalue weighted by molar-refractivity contribution is -0.131. The number of nitrogens with one attached hydrogen (secondary N) is 5. The van der Waals surface area contributed by atoms with E-state index in [1.165, 1.54) is 17.4 Å². The topological polar surface area (TPSA) is 197 Å². The molecule has 298 valence electrons. The first kappa shape index (κ1) is 40.7. The van der Waals surface area contributed by atoms with Crippen LogP contribution in [0.15, 0.2) is 84.5 Å². The molecule has 0 radical (unpaired) electrons. The number of aryl methyl sites for hydroxylation is 1. The number of fused-ring (bicyclic) bond motifs is 1. The number of hydrogen-bond acceptors (Lipinski definition) is 11. The van der Waals surface area contributed by atoms with Crippen molar-refractivity contribution in [1.29, 1.82) is 0 Å². The molecule has 0 saturated heterocycles. The van der Waals surface area contributed by atoms with Crippen LogP contribution in [0.5, 0.6) is 11.5 Å². The van der Waals surface area contributed by atoms with Gasteiger partial charge in [-0.25, -0.2) is 19.4 Å². The number of esters is 2. The third-order valence-electron chi connectivity index (χ3n) is 9.22. The number of carbonyl (C=O) groups excluding carboxylic acids is 5. The van der Waals surface area contributed by atoms with E-state index < -0.39 is 18.0 Å². The number of H-pyrrole nitrogens is 1. The molecule has 58 heavy (non-hydrogen) atoms. The van der Waals surface area contributed by atoms with Crippen LogP contribution in [0.3, 0.4) is 0 Å². The number of nitrogens with zero attached hydrogens (tertiary/aromatic N) is 3. The molecule has 1 aliphatic rings. The van der Waals surface area contributed by atoms with Crippen molar-refractivity contribution in [3.8, 4) is 22.8 Å². The minimum absolute atomic E-state index is 0.140. The van der Waals surface area contributed by atoms with E-state index in [2.05, 4.69) is 55.0 Å². The first-order valence-corrected chi connectivity index (χ1v) is 19.4. The summed E-state index contributed by atoms with van der Waals surface area (Å²) in [5, 5.41) is 13.5. The van der Waals surface area contributed by atoms with Crippen LogP contribution in [0, 0.1) is 13.8 Å². The zero-order chi connectivity index (χ0) is 41.2. The maximum atomic E-state index is 13.1. The number of ether oxygens (including phenoxy) is 2. The Morgan fingerprint density at radius 2 is 1.64 bits per heavy atom. The molecule has 0 aliphatic carbocycles. The lowest BCUT2D eigenvalue weighted by atomic mass is 10.0. The van der Waals surface area contributed by atoms with E-state index in [4.69, 9.17) is 9.47 Å². The highest BCUT2D eigenvalue weighted by molar-refractivity contribution is 7.14. The summed E-state index contributed by atoms with van der Waals surface area (Å²) in [5.74, 6) is -1.87. The van der Waals surface area contributed by atoms with E-state index in [9.17, 15) is 24.0 Å². The van der Waals surface area contributed by atoms with Crippen LogP contribution in [0.25, 0.3) is 22.9 Å². The molecule has 0 unspecified atom stereocenters. The SMILES string of the molecule is CCN(CC)CCNC(=O)c1c(C)[nH]c(/C=C2\C(=O)Nc3ccc(OC(=O)/C=C\C(=O)Oc4cccc(CNC(=O)Nc5nc(-c6ccncc6)cs5)c4)cc32)c1C. The third kappa shape index (κ3) is 10.3. The molecular weight excluding hydrogens is 761 g/mol. The fourth-order valence-corrected chi connectivity index (χ4v) is 6.91. The zero-order valence-electron chi connectivity index (χ0n) is 32.3. The number of hydrogen-bond donors (Lipinski definition) is 5. The third-order valence-corrected chi connectivity index (χ3v) is 9.98. The van der Waals surface area contributed by atoms with Crippen LogP contribution in [0.4, 0.5) is 15.6 Å². The number of benzene rings is 2. The van der Waals surface area contributed by atoms with Gasteiger partial charge in [-0.15, -0.1) is 11.3 Å². The summed E-state index contributed by atoms with van der Waals surface area (Å²) >= 11 is 1.29. The summed E-state index contributed by atoms with van der Waals surface area (Å²) in [6.45, 7) is 11.0. The molecule has 1 aliphatic heterocycles. The van der Waals surface area contributed by atoms with Crippen molar-refractivity contribution in [3.05, 3.63) is 118 Å². The predicted molar refractivity (Wildman–Crippen MR) is 221 cm³/mol. The Balaban J connectivity index is 1.01. The summed E-state index contributed by atoms with van der Waals surface area (Å²) in [7, 11) is 0. The second kappa shape index (κ2) is 18.8. The van der Waals surface area contributed by atoms with Crippen LogP contribution >= 0.6 is 11.3 Å². The van der Waals surface area contributed by atoms with Gasteiger partial charge < -0.3 is 35.3 Å². The van der Waals surface area contributed by atoms with Gasteiger partial charge in [-0.2, -0.15) is 0 Å². The number of thiazole rings is 1. The van der Waals surface area contributed by atoms with Crippen molar-refractivity contribution in [2.24, 2.45) is 0 Å². The number of aromatic amines is 1. The molecule has 5 aromatic rings. The molecule has 0 spiro atoms. The van der Waals surface area contributed by atoms with Crippen LogP contribution < -0.4 is 30.7 Å². The number of rotatable bonds is 15. The molecule has 16 heteroatoms. The lowest BCUT2D eigenvalue weighted by Gasteiger charge is -2.18. The van der Waals surface area contributed by atoms with Gasteiger partial charge in [-0.3, -0.25) is 19.9 Å². The van der Waals surface area contributed by atoms with Crippen LogP contribution in [-0.4, -0.2) is 75.8 Å². The van der Waals surface area contributed by atoms with Gasteiger partial charge >= 0.3 is 18.0 Å². The smallest absolute Gasteiger partial charge is 0.336 e. The van der Waals surface area contributed by atoms with Gasteiger partial charge in [-0.1, -0.05) is 26.0 Å². The zero-order valence-corrected chi connectivity index (χ0v) is 33.1. The number of aromatic nitrogens is 3. The molecule has 2 aromatic carbocycles. The Labute approximate surface area is 338 Å². The first-order valence-electron chi connectivity index (χ1n) is 18.5. The van der Waals surface area contributed by atoms with Gasteiger partial charge in [0.2, 0.25) is 0 Å². The van der Waals surface area contributed by atoms with Gasteiger partial charge in [0.1, 0.15) is 11.5 Å². The average Bonchev–Trinajstić information content (AvgIpc) is 3.89. The summed E-state index contributed by atoms with van der Waals surface area (Å²) in [4.78, 5) is 77.7. The van der Waals surface area contributed by atoms with E-state index in [1.807, 2.05) is 24.4 Å². The Bertz CT molecular complexity index is 2400. The first-order chi connectivity index (χ1) is 28.0. The number of anilines is 2. The number of carbonyl (C=O) groups is 5. The maximum Gasteiger partial charge on any atom is 0.336 e. The number of pyridine rings is 1. The van der Waals surface area contributed by atoms with E-state index >= 15 is 0 Å². The standard InChI is InChI=1S/C42H42N8O7S/c1-5-50(6-2)19-18-44-40(54)38-25(3)34(46-26(38)4)22-32-31-21-30(10-11-33(31)47-39(32)53)57-37(52)13-12-36(51)56-29-9-7-8-27(20-29)23-45-41(55)49-42-48-35(24-58-42)28-14-16-43-17-15-28/h7-17,20-22,24,46H,5-6,18-19,23H2,1-4H3,(H,44,54)(H,47,53)(H2,45,48,49,55)/b13-12-,32-22-. The van der Waals surface area contributed by atoms with Gasteiger partial charge in [-0.05, 0) is 86.6 Å². The Kier molecular flexibility index (Phi) is 13.2. The largest absolute Gasteiger partial charge is 0.423 e. The number of amides is 4. The molecule has 15 nitrogen and oxygen atoms in total. The maximum absolute atomic E-state index is 13.1. The quantitative estimate of drug-likeness (QED) is 0.0469. The highest BCUT2D eigenvalue weighted by Gasteiger charge is 2.27. The van der Waals surface area contributed by atoms with E-state index in [0.29, 0.717) is 56.6 Å². The fourth-order valence-electron chi connectivity index (χ4n) is 6.20. The van der Waals surface area contributed by atoms with E-state index in [1.54, 1.807) is 61.8 Å². The minimum atomic E-state index is -0.843. The Morgan fingerprint density at radius 3 is 2.36 bits per heavy atom. The molecule has 6 rings (SSSR count). The van der Waals surface area contributed by atoms with Crippen molar-refractivity contribution in [3.63, 3.8) is 0 Å². The highest BCUT2D eigenvalue weighted by atomic mass is 32.1. The minimum Gasteiger partial charge on any atom is -0.423 e. The molecule has 0 fully saturated rings. The van der Waals surface area contributed by atoms with Crippen LogP contribution in [0.2, 0.25) is 0 Å². The molecule has 5 N–H and O–H groups in total. The molecule has 4 amide bonds. The Hall–Kier alpha value is -6.91. The molecule has 0 atom stereocenters. The summed E-state index contributed by atoms with van der Waals surface area (Å²) in [5.41, 5.74) is 6.10. The second-order valence-electron chi connectivity index (χ2n) is 13.1. The number of urea groups is 1. The number of likely N-dealkylation sites (N-methyl/N-ethyl adjacent to an activating group) is 1. The van der Waals surface area contributed by atoms with Crippen LogP contribution in [0.1, 0.15) is 52.3 Å². The summed E-state index contributed by atoms with van der Waals surface area (Å²) in [6.07, 6.45) is 6.87. The monoisotopic (exact) mass is 802 g/mol. The highest BCUT2D eigenvalue weighted by Crippen LogP contribution is 2.36. The molecule has 0 bridgehead atoms. The van der Waals surface area contributed by atoms with Crippen LogP contribution in [-0.2, 0) is 20.9 Å². The van der Waals surface area contributed by atoms with Gasteiger partial charge in [0.15, 0.2) is 5.13 Å². The molecular formula is C42H42N8O7S. The van der Waals surface area contributed by atoms with Crippen molar-refractivity contribution in [1.82, 2.24) is 30.5 Å². The van der Waals surface area contributed by atoms with Crippen molar-refractivity contribution in [2.75, 3.05) is 36.8 Å². The van der Waals surface area contributed by atoms with E-state index in [0.717, 1.165) is 43.0 Å². The molecule has 0 saturated carbocycles. The van der Waals surface area contributed by atoms with Gasteiger partial charge in [0, 0.05) is 77.8 Å². The summed E-state index contributed by atoms with van der Waals surface area (Å²) < 4.78 is 10.8. The molecule has 4 heterocycles. The Morgan fingerprint density at radius 1 is 0.914 bits per heavy atom. The predicted octanol–water partition coefficient (Wildman–Crippen LogP) is 6.10. The van der Waals surface area contributed by atoms with Gasteiger partial charge in [0.05, 0.1) is 16.8 Å². The molecule has 3 aromatic heterocycles. The lowest BCUT2D eigenvalue weighted by Crippen LogP contribution is -2.35. The van der Waals surface area contributed by atoms with E-state index in [-0.39, 0.29) is 29.9 Å². The van der Waals surface area contributed by atoms with Crippen molar-refractivity contribution < 1.29 is 33.4 Å². The van der Waals surface area contributed by atoms with Crippen molar-refractivity contribution >= 4 is 63.6 Å². The fraction of sp³-hybridized carbons (Fsp3) is 0.214.